The predicted molar refractivity (Wildman–Crippen MR) is 41.3 cm³/mol. The second-order valence-electron chi connectivity index (χ2n) is 1.15. The van der Waals surface area contributed by atoms with Crippen molar-refractivity contribution in [2.45, 2.75) is 0 Å². The second kappa shape index (κ2) is 6.45. The van der Waals surface area contributed by atoms with Gasteiger partial charge in [0.05, 0.1) is 0 Å². The van der Waals surface area contributed by atoms with Gasteiger partial charge in [-0.15, -0.1) is 0 Å². The minimum atomic E-state index is 1.73. The summed E-state index contributed by atoms with van der Waals surface area (Å²) in [6.07, 6.45) is 9.18. The van der Waals surface area contributed by atoms with Gasteiger partial charge in [-0.3, -0.25) is 0 Å². The van der Waals surface area contributed by atoms with Crippen LogP contribution in [0.25, 0.3) is 0 Å². The number of hydrogen-bond acceptors (Lipinski definition) is 1. The molecule has 44 valence electrons. The van der Waals surface area contributed by atoms with E-state index in [9.17, 15) is 0 Å². The number of rotatable bonds is 3. The molecule has 1 unspecified atom stereocenters. The molecule has 1 N–H and O–H groups in total. The molecule has 0 fully saturated rings. The third kappa shape index (κ3) is 5.45. The van der Waals surface area contributed by atoms with Crippen LogP contribution in [0.3, 0.4) is 0 Å². The van der Waals surface area contributed by atoms with Crippen LogP contribution in [0.4, 0.5) is 0 Å². The molecule has 0 aliphatic carbocycles. The van der Waals surface area contributed by atoms with E-state index in [1.807, 2.05) is 24.4 Å². The molecule has 0 radical (unpaired) electrons. The highest BCUT2D eigenvalue weighted by Crippen LogP contribution is 1.76. The van der Waals surface area contributed by atoms with E-state index in [0.29, 0.717) is 0 Å². The van der Waals surface area contributed by atoms with E-state index >= 15 is 0 Å². The highest BCUT2D eigenvalue weighted by Gasteiger charge is 1.56. The molecule has 2 heteroatoms. The Bertz CT molecular complexity index is 105. The molecule has 1 nitrogen and oxygen atoms in total. The number of allylic oxidation sites excluding steroid dienone is 4. The van der Waals surface area contributed by atoms with E-state index in [2.05, 4.69) is 21.1 Å². The molecule has 0 saturated carbocycles. The van der Waals surface area contributed by atoms with Gasteiger partial charge >= 0.3 is 0 Å². The largest absolute Gasteiger partial charge is 0.375 e. The SMILES string of the molecule is C=C/C=C\C=C/NP. The van der Waals surface area contributed by atoms with Gasteiger partial charge in [0, 0.05) is 0 Å². The van der Waals surface area contributed by atoms with Crippen molar-refractivity contribution in [3.05, 3.63) is 37.1 Å². The molecule has 0 heterocycles. The predicted octanol–water partition coefficient (Wildman–Crippen LogP) is 1.62. The van der Waals surface area contributed by atoms with Crippen molar-refractivity contribution in [3.63, 3.8) is 0 Å². The van der Waals surface area contributed by atoms with Gasteiger partial charge in [-0.1, -0.05) is 24.8 Å². The molecule has 0 bridgehead atoms. The minimum Gasteiger partial charge on any atom is -0.375 e. The van der Waals surface area contributed by atoms with Crippen LogP contribution >= 0.6 is 9.39 Å². The molecule has 1 atom stereocenters. The Labute approximate surface area is 52.4 Å². The molecule has 0 aromatic rings. The van der Waals surface area contributed by atoms with Crippen LogP contribution in [0.1, 0.15) is 0 Å². The molecule has 0 saturated heterocycles. The molecule has 0 aromatic heterocycles. The topological polar surface area (TPSA) is 12.0 Å². The Kier molecular flexibility index (Phi) is 6.01. The van der Waals surface area contributed by atoms with Crippen LogP contribution in [-0.4, -0.2) is 0 Å². The van der Waals surface area contributed by atoms with E-state index in [0.717, 1.165) is 0 Å². The fourth-order valence-electron chi connectivity index (χ4n) is 0.254. The molecule has 0 rings (SSSR count). The van der Waals surface area contributed by atoms with Crippen LogP contribution in [0.5, 0.6) is 0 Å². The molecule has 0 aromatic carbocycles. The van der Waals surface area contributed by atoms with Crippen molar-refractivity contribution in [1.82, 2.24) is 5.09 Å². The van der Waals surface area contributed by atoms with Crippen LogP contribution in [0.2, 0.25) is 0 Å². The van der Waals surface area contributed by atoms with E-state index in [1.165, 1.54) is 0 Å². The summed E-state index contributed by atoms with van der Waals surface area (Å²) >= 11 is 0. The minimum absolute atomic E-state index is 1.73. The lowest BCUT2D eigenvalue weighted by molar-refractivity contribution is 1.42. The van der Waals surface area contributed by atoms with Gasteiger partial charge in [0.25, 0.3) is 0 Å². The summed E-state index contributed by atoms with van der Waals surface area (Å²) in [5.41, 5.74) is 0. The van der Waals surface area contributed by atoms with Gasteiger partial charge in [0.1, 0.15) is 0 Å². The lowest BCUT2D eigenvalue weighted by Crippen LogP contribution is -1.75. The van der Waals surface area contributed by atoms with Gasteiger partial charge in [-0.05, 0) is 21.7 Å². The smallest absolute Gasteiger partial charge is 0.000739 e. The summed E-state index contributed by atoms with van der Waals surface area (Å²) in [6.45, 7) is 3.51. The van der Waals surface area contributed by atoms with E-state index in [1.54, 1.807) is 6.08 Å². The molecule has 0 aliphatic rings. The molecular weight excluding hydrogens is 117 g/mol. The van der Waals surface area contributed by atoms with Gasteiger partial charge in [0.15, 0.2) is 0 Å². The van der Waals surface area contributed by atoms with Gasteiger partial charge in [-0.2, -0.15) is 0 Å². The molecule has 0 spiro atoms. The van der Waals surface area contributed by atoms with Gasteiger partial charge < -0.3 is 5.09 Å². The average molecular weight is 127 g/mol. The Morgan fingerprint density at radius 2 is 2.00 bits per heavy atom. The maximum atomic E-state index is 3.51. The molecule has 8 heavy (non-hydrogen) atoms. The zero-order valence-corrected chi connectivity index (χ0v) is 5.83. The van der Waals surface area contributed by atoms with Crippen LogP contribution in [-0.2, 0) is 0 Å². The highest BCUT2D eigenvalue weighted by atomic mass is 31.0. The van der Waals surface area contributed by atoms with Crippen LogP contribution in [0.15, 0.2) is 37.1 Å². The Morgan fingerprint density at radius 3 is 2.50 bits per heavy atom. The first-order valence-electron chi connectivity index (χ1n) is 2.32. The van der Waals surface area contributed by atoms with Crippen molar-refractivity contribution in [2.24, 2.45) is 0 Å². The lowest BCUT2D eigenvalue weighted by Gasteiger charge is -1.77. The number of hydrogen-bond donors (Lipinski definition) is 1. The lowest BCUT2D eigenvalue weighted by atomic mass is 10.5. The van der Waals surface area contributed by atoms with Crippen LogP contribution < -0.4 is 5.09 Å². The molecule has 0 aliphatic heterocycles. The van der Waals surface area contributed by atoms with Gasteiger partial charge in [-0.25, -0.2) is 0 Å². The van der Waals surface area contributed by atoms with Crippen molar-refractivity contribution < 1.29 is 0 Å². The molecular formula is C6H10NP. The summed E-state index contributed by atoms with van der Waals surface area (Å²) in [5, 5.41) is 2.78. The van der Waals surface area contributed by atoms with Crippen molar-refractivity contribution >= 4 is 9.39 Å². The monoisotopic (exact) mass is 127 g/mol. The maximum Gasteiger partial charge on any atom is -0.000739 e. The van der Waals surface area contributed by atoms with E-state index in [-0.39, 0.29) is 0 Å². The molecule has 0 amide bonds. The quantitative estimate of drug-likeness (QED) is 0.448. The van der Waals surface area contributed by atoms with Gasteiger partial charge in [0.2, 0.25) is 0 Å². The van der Waals surface area contributed by atoms with Crippen molar-refractivity contribution in [2.75, 3.05) is 0 Å². The zero-order chi connectivity index (χ0) is 6.24. The Hall–Kier alpha value is -0.550. The average Bonchev–Trinajstić information content (AvgIpc) is 1.81. The number of nitrogens with one attached hydrogen (secondary N) is 1. The Morgan fingerprint density at radius 1 is 1.25 bits per heavy atom. The Balaban J connectivity index is 3.26. The summed E-state index contributed by atoms with van der Waals surface area (Å²) in [6, 6.07) is 0. The summed E-state index contributed by atoms with van der Waals surface area (Å²) in [4.78, 5) is 0. The maximum absolute atomic E-state index is 3.51. The highest BCUT2D eigenvalue weighted by molar-refractivity contribution is 7.13. The third-order valence-corrected chi connectivity index (χ3v) is 0.743. The van der Waals surface area contributed by atoms with E-state index in [4.69, 9.17) is 0 Å². The summed E-state index contributed by atoms with van der Waals surface area (Å²) in [5.74, 6) is 0. The fourth-order valence-corrected chi connectivity index (χ4v) is 0.365. The van der Waals surface area contributed by atoms with E-state index < -0.39 is 0 Å². The normalized spacial score (nSPS) is 10.6. The first-order chi connectivity index (χ1) is 3.91. The standard InChI is InChI=1S/C6H10NP/c1-2-3-4-5-6-7-8/h2-7H,1,8H2/b4-3-,6-5-. The van der Waals surface area contributed by atoms with Crippen molar-refractivity contribution in [1.29, 1.82) is 0 Å². The third-order valence-electron chi connectivity index (χ3n) is 0.551. The first-order valence-corrected chi connectivity index (χ1v) is 2.90. The summed E-state index contributed by atoms with van der Waals surface area (Å²) < 4.78 is 0. The van der Waals surface area contributed by atoms with Crippen LogP contribution in [0, 0.1) is 0 Å². The zero-order valence-electron chi connectivity index (χ0n) is 4.67. The summed E-state index contributed by atoms with van der Waals surface area (Å²) in [7, 11) is 2.37. The first kappa shape index (κ1) is 7.45. The van der Waals surface area contributed by atoms with Crippen molar-refractivity contribution in [3.8, 4) is 0 Å². The second-order valence-corrected chi connectivity index (χ2v) is 1.48. The fraction of sp³-hybridized carbons (Fsp3) is 0.